The summed E-state index contributed by atoms with van der Waals surface area (Å²) in [5.41, 5.74) is 0. The molecule has 2 rings (SSSR count). The maximum Gasteiger partial charge on any atom is 0.409 e. The largest absolute Gasteiger partial charge is 0.450 e. The number of hydrogen-bond acceptors (Lipinski definition) is 4. The van der Waals surface area contributed by atoms with Gasteiger partial charge in [-0.25, -0.2) is 4.79 Å². The molecule has 1 heterocycles. The predicted molar refractivity (Wildman–Crippen MR) is 73.1 cm³/mol. The Morgan fingerprint density at radius 3 is 2.74 bits per heavy atom. The summed E-state index contributed by atoms with van der Waals surface area (Å²) >= 11 is 0. The molecule has 5 nitrogen and oxygen atoms in total. The van der Waals surface area contributed by atoms with Crippen molar-refractivity contribution in [3.05, 3.63) is 0 Å². The van der Waals surface area contributed by atoms with Gasteiger partial charge < -0.3 is 19.7 Å². The minimum atomic E-state index is -0.211. The van der Waals surface area contributed by atoms with Crippen LogP contribution in [-0.4, -0.2) is 56.0 Å². The van der Waals surface area contributed by atoms with Crippen molar-refractivity contribution in [2.45, 2.75) is 45.3 Å². The summed E-state index contributed by atoms with van der Waals surface area (Å²) in [6.45, 7) is 7.54. The third-order valence-electron chi connectivity index (χ3n) is 3.79. The average Bonchev–Trinajstić information content (AvgIpc) is 3.22. The maximum absolute atomic E-state index is 11.8. The van der Waals surface area contributed by atoms with E-state index >= 15 is 0 Å². The second kappa shape index (κ2) is 7.10. The van der Waals surface area contributed by atoms with Crippen LogP contribution < -0.4 is 5.32 Å². The first kappa shape index (κ1) is 14.6. The first-order chi connectivity index (χ1) is 9.24. The molecule has 0 aromatic heterocycles. The molecule has 0 bridgehead atoms. The monoisotopic (exact) mass is 270 g/mol. The minimum absolute atomic E-state index is 0.0960. The van der Waals surface area contributed by atoms with Gasteiger partial charge in [0.2, 0.25) is 0 Å². The summed E-state index contributed by atoms with van der Waals surface area (Å²) in [5, 5.41) is 3.47. The molecule has 110 valence electrons. The van der Waals surface area contributed by atoms with Crippen LogP contribution in [0.4, 0.5) is 4.79 Å². The molecule has 1 saturated heterocycles. The van der Waals surface area contributed by atoms with Gasteiger partial charge in [0.05, 0.1) is 19.3 Å². The van der Waals surface area contributed by atoms with E-state index in [0.29, 0.717) is 19.2 Å². The van der Waals surface area contributed by atoms with Crippen LogP contribution in [0.2, 0.25) is 0 Å². The highest BCUT2D eigenvalue weighted by Crippen LogP contribution is 2.30. The molecule has 2 atom stereocenters. The van der Waals surface area contributed by atoms with E-state index in [0.717, 1.165) is 32.0 Å². The molecule has 0 aromatic carbocycles. The van der Waals surface area contributed by atoms with E-state index in [4.69, 9.17) is 9.47 Å². The number of carbonyl (C=O) groups excluding carboxylic acids is 1. The molecule has 1 saturated carbocycles. The first-order valence-corrected chi connectivity index (χ1v) is 7.51. The predicted octanol–water partition coefficient (Wildman–Crippen LogP) is 1.62. The SMILES string of the molecule is CCNC1CCN(C(=O)OCC)CC1OCC1CC1. The molecule has 1 aliphatic carbocycles. The normalized spacial score (nSPS) is 27.4. The third-order valence-corrected chi connectivity index (χ3v) is 3.79. The van der Waals surface area contributed by atoms with Crippen molar-refractivity contribution in [2.75, 3.05) is 32.8 Å². The standard InChI is InChI=1S/C14H26N2O3/c1-3-15-12-7-8-16(14(17)18-4-2)9-13(12)19-10-11-5-6-11/h11-13,15H,3-10H2,1-2H3. The lowest BCUT2D eigenvalue weighted by Gasteiger charge is -2.38. The number of amides is 1. The highest BCUT2D eigenvalue weighted by atomic mass is 16.6. The number of nitrogens with one attached hydrogen (secondary N) is 1. The minimum Gasteiger partial charge on any atom is -0.450 e. The van der Waals surface area contributed by atoms with Crippen LogP contribution in [0.3, 0.4) is 0 Å². The van der Waals surface area contributed by atoms with Crippen molar-refractivity contribution >= 4 is 6.09 Å². The Morgan fingerprint density at radius 2 is 2.11 bits per heavy atom. The Kier molecular flexibility index (Phi) is 5.45. The van der Waals surface area contributed by atoms with Crippen LogP contribution in [0.25, 0.3) is 0 Å². The summed E-state index contributed by atoms with van der Waals surface area (Å²) < 4.78 is 11.1. The van der Waals surface area contributed by atoms with E-state index in [1.54, 1.807) is 4.90 Å². The van der Waals surface area contributed by atoms with Gasteiger partial charge in [-0.1, -0.05) is 6.92 Å². The maximum atomic E-state index is 11.8. The number of likely N-dealkylation sites (tertiary alicyclic amines) is 1. The van der Waals surface area contributed by atoms with Crippen molar-refractivity contribution in [3.8, 4) is 0 Å². The molecule has 5 heteroatoms. The molecule has 1 aliphatic heterocycles. The van der Waals surface area contributed by atoms with E-state index in [2.05, 4.69) is 12.2 Å². The van der Waals surface area contributed by atoms with Gasteiger partial charge in [0.1, 0.15) is 0 Å². The van der Waals surface area contributed by atoms with Gasteiger partial charge in [-0.3, -0.25) is 0 Å². The summed E-state index contributed by atoms with van der Waals surface area (Å²) in [4.78, 5) is 13.6. The van der Waals surface area contributed by atoms with Crippen molar-refractivity contribution in [3.63, 3.8) is 0 Å². The average molecular weight is 270 g/mol. The zero-order valence-electron chi connectivity index (χ0n) is 12.1. The van der Waals surface area contributed by atoms with Gasteiger partial charge in [-0.05, 0) is 38.6 Å². The molecule has 2 aliphatic rings. The van der Waals surface area contributed by atoms with Crippen LogP contribution in [0.1, 0.15) is 33.1 Å². The van der Waals surface area contributed by atoms with Crippen LogP contribution in [0, 0.1) is 5.92 Å². The number of rotatable bonds is 6. The number of hydrogen-bond donors (Lipinski definition) is 1. The second-order valence-electron chi connectivity index (χ2n) is 5.41. The molecular formula is C14H26N2O3. The van der Waals surface area contributed by atoms with Crippen molar-refractivity contribution < 1.29 is 14.3 Å². The molecule has 0 aromatic rings. The summed E-state index contributed by atoms with van der Waals surface area (Å²) in [6.07, 6.45) is 3.40. The van der Waals surface area contributed by atoms with E-state index in [9.17, 15) is 4.79 Å². The van der Waals surface area contributed by atoms with E-state index < -0.39 is 0 Å². The van der Waals surface area contributed by atoms with E-state index in [-0.39, 0.29) is 12.2 Å². The van der Waals surface area contributed by atoms with Crippen molar-refractivity contribution in [2.24, 2.45) is 5.92 Å². The van der Waals surface area contributed by atoms with Crippen molar-refractivity contribution in [1.29, 1.82) is 0 Å². The lowest BCUT2D eigenvalue weighted by atomic mass is 10.0. The Balaban J connectivity index is 1.85. The van der Waals surface area contributed by atoms with Crippen LogP contribution in [0.5, 0.6) is 0 Å². The topological polar surface area (TPSA) is 50.8 Å². The molecule has 2 unspecified atom stereocenters. The van der Waals surface area contributed by atoms with Gasteiger partial charge in [0.15, 0.2) is 0 Å². The summed E-state index contributed by atoms with van der Waals surface area (Å²) in [6, 6.07) is 0.356. The van der Waals surface area contributed by atoms with E-state index in [1.807, 2.05) is 6.92 Å². The lowest BCUT2D eigenvalue weighted by molar-refractivity contribution is -0.0248. The van der Waals surface area contributed by atoms with Gasteiger partial charge >= 0.3 is 6.09 Å². The van der Waals surface area contributed by atoms with Crippen LogP contribution in [-0.2, 0) is 9.47 Å². The lowest BCUT2D eigenvalue weighted by Crippen LogP contribution is -2.55. The number of likely N-dealkylation sites (N-methyl/N-ethyl adjacent to an activating group) is 1. The second-order valence-corrected chi connectivity index (χ2v) is 5.41. The molecule has 1 amide bonds. The molecular weight excluding hydrogens is 244 g/mol. The smallest absolute Gasteiger partial charge is 0.409 e. The molecule has 19 heavy (non-hydrogen) atoms. The third kappa shape index (κ3) is 4.35. The Morgan fingerprint density at radius 1 is 1.32 bits per heavy atom. The quantitative estimate of drug-likeness (QED) is 0.797. The van der Waals surface area contributed by atoms with Gasteiger partial charge in [0, 0.05) is 19.2 Å². The Labute approximate surface area is 115 Å². The zero-order valence-corrected chi connectivity index (χ0v) is 12.1. The number of nitrogens with zero attached hydrogens (tertiary/aromatic N) is 1. The highest BCUT2D eigenvalue weighted by Gasteiger charge is 2.33. The molecule has 0 spiro atoms. The number of carbonyl (C=O) groups is 1. The number of ether oxygens (including phenoxy) is 2. The Hall–Kier alpha value is -0.810. The van der Waals surface area contributed by atoms with Crippen molar-refractivity contribution in [1.82, 2.24) is 10.2 Å². The molecule has 1 N–H and O–H groups in total. The fourth-order valence-corrected chi connectivity index (χ4v) is 2.51. The molecule has 0 radical (unpaired) electrons. The van der Waals surface area contributed by atoms with Gasteiger partial charge in [-0.2, -0.15) is 0 Å². The summed E-state index contributed by atoms with van der Waals surface area (Å²) in [5.74, 6) is 0.750. The molecule has 2 fully saturated rings. The van der Waals surface area contributed by atoms with Crippen LogP contribution in [0.15, 0.2) is 0 Å². The van der Waals surface area contributed by atoms with E-state index in [1.165, 1.54) is 12.8 Å². The van der Waals surface area contributed by atoms with Gasteiger partial charge in [0.25, 0.3) is 0 Å². The number of piperidine rings is 1. The summed E-state index contributed by atoms with van der Waals surface area (Å²) in [7, 11) is 0. The first-order valence-electron chi connectivity index (χ1n) is 7.51. The van der Waals surface area contributed by atoms with Gasteiger partial charge in [-0.15, -0.1) is 0 Å². The fraction of sp³-hybridized carbons (Fsp3) is 0.929. The highest BCUT2D eigenvalue weighted by molar-refractivity contribution is 5.67. The fourth-order valence-electron chi connectivity index (χ4n) is 2.51. The van der Waals surface area contributed by atoms with Crippen LogP contribution >= 0.6 is 0 Å². The Bertz CT molecular complexity index is 294. The zero-order chi connectivity index (χ0) is 13.7.